The van der Waals surface area contributed by atoms with Crippen LogP contribution < -0.4 is 0 Å². The summed E-state index contributed by atoms with van der Waals surface area (Å²) in [6, 6.07) is 0.810. The summed E-state index contributed by atoms with van der Waals surface area (Å²) in [5.74, 6) is 0. The molecule has 0 bridgehead atoms. The number of likely N-dealkylation sites (tertiary alicyclic amines) is 1. The third-order valence-electron chi connectivity index (χ3n) is 2.61. The summed E-state index contributed by atoms with van der Waals surface area (Å²) < 4.78 is 5.09. The van der Waals surface area contributed by atoms with E-state index in [0.29, 0.717) is 12.1 Å². The van der Waals surface area contributed by atoms with Crippen LogP contribution in [0.3, 0.4) is 0 Å². The highest BCUT2D eigenvalue weighted by atomic mass is 16.5. The Bertz CT molecular complexity index is 130. The van der Waals surface area contributed by atoms with Gasteiger partial charge in [-0.15, -0.1) is 0 Å². The molecule has 0 aromatic heterocycles. The molecule has 3 heteroatoms. The van der Waals surface area contributed by atoms with E-state index >= 15 is 0 Å². The minimum atomic E-state index is 0.286. The molecule has 1 fully saturated rings. The summed E-state index contributed by atoms with van der Waals surface area (Å²) in [5, 5.41) is 9.07. The molecule has 0 aliphatic carbocycles. The van der Waals surface area contributed by atoms with E-state index in [1.165, 1.54) is 6.42 Å². The zero-order valence-electron chi connectivity index (χ0n) is 7.99. The summed E-state index contributed by atoms with van der Waals surface area (Å²) in [6.07, 6.45) is 2.34. The quantitative estimate of drug-likeness (QED) is 0.671. The van der Waals surface area contributed by atoms with E-state index < -0.39 is 0 Å². The van der Waals surface area contributed by atoms with Crippen molar-refractivity contribution < 1.29 is 9.84 Å². The molecule has 0 spiro atoms. The third-order valence-corrected chi connectivity index (χ3v) is 2.61. The first-order valence-electron chi connectivity index (χ1n) is 4.65. The number of hydrogen-bond donors (Lipinski definition) is 1. The molecule has 0 radical (unpaired) electrons. The fourth-order valence-corrected chi connectivity index (χ4v) is 1.97. The predicted octanol–water partition coefficient (Wildman–Crippen LogP) is 0.478. The van der Waals surface area contributed by atoms with Crippen molar-refractivity contribution in [3.8, 4) is 0 Å². The van der Waals surface area contributed by atoms with Crippen molar-refractivity contribution in [3.05, 3.63) is 0 Å². The number of aliphatic hydroxyl groups is 1. The Morgan fingerprint density at radius 3 is 3.00 bits per heavy atom. The van der Waals surface area contributed by atoms with Crippen LogP contribution >= 0.6 is 0 Å². The zero-order valence-corrected chi connectivity index (χ0v) is 7.99. The van der Waals surface area contributed by atoms with Gasteiger partial charge in [-0.3, -0.25) is 4.90 Å². The molecule has 1 N–H and O–H groups in total. The van der Waals surface area contributed by atoms with Gasteiger partial charge >= 0.3 is 0 Å². The molecule has 1 aliphatic heterocycles. The van der Waals surface area contributed by atoms with Crippen molar-refractivity contribution >= 4 is 0 Å². The van der Waals surface area contributed by atoms with Gasteiger partial charge in [0.05, 0.1) is 13.2 Å². The van der Waals surface area contributed by atoms with Crippen molar-refractivity contribution in [2.75, 3.05) is 26.9 Å². The summed E-state index contributed by atoms with van der Waals surface area (Å²) in [7, 11) is 1.72. The van der Waals surface area contributed by atoms with Crippen molar-refractivity contribution in [2.24, 2.45) is 0 Å². The largest absolute Gasteiger partial charge is 0.395 e. The molecule has 0 amide bonds. The summed E-state index contributed by atoms with van der Waals surface area (Å²) in [5.41, 5.74) is 0. The Morgan fingerprint density at radius 2 is 2.42 bits per heavy atom. The maximum absolute atomic E-state index is 9.07. The lowest BCUT2D eigenvalue weighted by atomic mass is 10.2. The molecule has 0 aromatic rings. The second-order valence-electron chi connectivity index (χ2n) is 3.52. The molecule has 3 nitrogen and oxygen atoms in total. The van der Waals surface area contributed by atoms with Crippen LogP contribution in [0.2, 0.25) is 0 Å². The van der Waals surface area contributed by atoms with E-state index in [9.17, 15) is 0 Å². The number of hydrogen-bond acceptors (Lipinski definition) is 3. The maximum Gasteiger partial charge on any atom is 0.0615 e. The van der Waals surface area contributed by atoms with Gasteiger partial charge in [-0.25, -0.2) is 0 Å². The first-order valence-corrected chi connectivity index (χ1v) is 4.65. The number of rotatable bonds is 4. The molecule has 12 heavy (non-hydrogen) atoms. The van der Waals surface area contributed by atoms with Crippen LogP contribution in [-0.4, -0.2) is 49.0 Å². The predicted molar refractivity (Wildman–Crippen MR) is 48.2 cm³/mol. The first-order chi connectivity index (χ1) is 5.79. The van der Waals surface area contributed by atoms with Crippen LogP contribution in [0, 0.1) is 0 Å². The van der Waals surface area contributed by atoms with Gasteiger partial charge in [0, 0.05) is 19.2 Å². The summed E-state index contributed by atoms with van der Waals surface area (Å²) in [6.45, 7) is 4.30. The van der Waals surface area contributed by atoms with Gasteiger partial charge in [-0.05, 0) is 26.3 Å². The van der Waals surface area contributed by atoms with Crippen LogP contribution in [0.5, 0.6) is 0 Å². The second kappa shape index (κ2) is 4.80. The molecular formula is C9H19NO2. The molecule has 2 atom stereocenters. The van der Waals surface area contributed by atoms with Gasteiger partial charge in [-0.2, -0.15) is 0 Å². The normalized spacial score (nSPS) is 27.8. The third kappa shape index (κ3) is 2.19. The standard InChI is InChI=1S/C9H19NO2/c1-8(7-12-2)10-5-3-4-9(10)6-11/h8-9,11H,3-7H2,1-2H3. The SMILES string of the molecule is COCC(C)N1CCCC1CO. The Labute approximate surface area is 74.3 Å². The minimum Gasteiger partial charge on any atom is -0.395 e. The Morgan fingerprint density at radius 1 is 1.67 bits per heavy atom. The van der Waals surface area contributed by atoms with E-state index in [2.05, 4.69) is 11.8 Å². The molecule has 72 valence electrons. The molecule has 1 heterocycles. The number of nitrogens with zero attached hydrogens (tertiary/aromatic N) is 1. The maximum atomic E-state index is 9.07. The van der Waals surface area contributed by atoms with E-state index in [4.69, 9.17) is 9.84 Å². The van der Waals surface area contributed by atoms with E-state index in [-0.39, 0.29) is 6.61 Å². The average molecular weight is 173 g/mol. The average Bonchev–Trinajstić information content (AvgIpc) is 2.51. The van der Waals surface area contributed by atoms with Crippen LogP contribution in [-0.2, 0) is 4.74 Å². The lowest BCUT2D eigenvalue weighted by Crippen LogP contribution is -2.41. The molecule has 1 aliphatic rings. The van der Waals surface area contributed by atoms with Crippen molar-refractivity contribution in [2.45, 2.75) is 31.8 Å². The van der Waals surface area contributed by atoms with E-state index in [1.54, 1.807) is 7.11 Å². The Hall–Kier alpha value is -0.120. The van der Waals surface area contributed by atoms with Gasteiger partial charge in [0.15, 0.2) is 0 Å². The highest BCUT2D eigenvalue weighted by molar-refractivity contribution is 4.82. The molecule has 0 saturated carbocycles. The fraction of sp³-hybridized carbons (Fsp3) is 1.00. The van der Waals surface area contributed by atoms with E-state index in [1.807, 2.05) is 0 Å². The molecule has 1 saturated heterocycles. The smallest absolute Gasteiger partial charge is 0.0615 e. The van der Waals surface area contributed by atoms with Crippen molar-refractivity contribution in [1.29, 1.82) is 0 Å². The highest BCUT2D eigenvalue weighted by Gasteiger charge is 2.27. The van der Waals surface area contributed by atoms with E-state index in [0.717, 1.165) is 19.6 Å². The van der Waals surface area contributed by atoms with Crippen LogP contribution in [0.1, 0.15) is 19.8 Å². The van der Waals surface area contributed by atoms with Crippen molar-refractivity contribution in [3.63, 3.8) is 0 Å². The molecular weight excluding hydrogens is 154 g/mol. The highest BCUT2D eigenvalue weighted by Crippen LogP contribution is 2.19. The topological polar surface area (TPSA) is 32.7 Å². The Kier molecular flexibility index (Phi) is 3.98. The molecule has 1 rings (SSSR count). The lowest BCUT2D eigenvalue weighted by Gasteiger charge is -2.28. The summed E-state index contributed by atoms with van der Waals surface area (Å²) >= 11 is 0. The van der Waals surface area contributed by atoms with Crippen LogP contribution in [0.25, 0.3) is 0 Å². The van der Waals surface area contributed by atoms with Gasteiger partial charge in [0.25, 0.3) is 0 Å². The Balaban J connectivity index is 2.38. The summed E-state index contributed by atoms with van der Waals surface area (Å²) in [4.78, 5) is 2.34. The van der Waals surface area contributed by atoms with Gasteiger partial charge < -0.3 is 9.84 Å². The fourth-order valence-electron chi connectivity index (χ4n) is 1.97. The number of ether oxygens (including phenoxy) is 1. The number of aliphatic hydroxyl groups excluding tert-OH is 1. The van der Waals surface area contributed by atoms with Crippen LogP contribution in [0.4, 0.5) is 0 Å². The number of methoxy groups -OCH3 is 1. The van der Waals surface area contributed by atoms with Gasteiger partial charge in [-0.1, -0.05) is 0 Å². The van der Waals surface area contributed by atoms with Gasteiger partial charge in [0.2, 0.25) is 0 Å². The first kappa shape index (κ1) is 9.96. The second-order valence-corrected chi connectivity index (χ2v) is 3.52. The monoisotopic (exact) mass is 173 g/mol. The van der Waals surface area contributed by atoms with Crippen molar-refractivity contribution in [1.82, 2.24) is 4.90 Å². The lowest BCUT2D eigenvalue weighted by molar-refractivity contribution is 0.0697. The minimum absolute atomic E-state index is 0.286. The van der Waals surface area contributed by atoms with Gasteiger partial charge in [0.1, 0.15) is 0 Å². The zero-order chi connectivity index (χ0) is 8.97. The van der Waals surface area contributed by atoms with Crippen LogP contribution in [0.15, 0.2) is 0 Å². The molecule has 0 aromatic carbocycles. The molecule has 2 unspecified atom stereocenters.